The Hall–Kier alpha value is -3.89. The molecule has 10 nitrogen and oxygen atoms in total. The van der Waals surface area contributed by atoms with Crippen molar-refractivity contribution < 1.29 is 14.6 Å². The summed E-state index contributed by atoms with van der Waals surface area (Å²) in [5.74, 6) is 0.477. The Morgan fingerprint density at radius 1 is 1.13 bits per heavy atom. The minimum absolute atomic E-state index is 0.124. The summed E-state index contributed by atoms with van der Waals surface area (Å²) >= 11 is 0. The van der Waals surface area contributed by atoms with Gasteiger partial charge in [0, 0.05) is 62.1 Å². The number of carbonyl (C=O) groups excluding carboxylic acids is 1. The number of hydrogen-bond donors (Lipinski definition) is 3. The zero-order chi connectivity index (χ0) is 27.8. The van der Waals surface area contributed by atoms with Gasteiger partial charge in [0.05, 0.1) is 17.6 Å². The lowest BCUT2D eigenvalue weighted by Gasteiger charge is -2.50. The first-order valence-corrected chi connectivity index (χ1v) is 13.1. The number of hydrogen-bond acceptors (Lipinski definition) is 7. The molecule has 1 fully saturated rings. The standard InChI is InChI=1S/C29H35N7O3/c1-18-9-23(13-24-12-21(4)34-35-24)32-25(10-18)28(38)16-29(17-28,39-5)27(37)31-20(3)11-22-7-6-8-26(33-22)36-15-19(2)14-30-36/h6-10,12,14-15,20,38H,11,13,16-17H2,1-5H3,(H,31,37)(H,34,35)/t20-,28?,29?/m0/s1. The lowest BCUT2D eigenvalue weighted by Crippen LogP contribution is -2.64. The molecule has 204 valence electrons. The minimum atomic E-state index is -1.25. The Bertz CT molecular complexity index is 1490. The van der Waals surface area contributed by atoms with Crippen LogP contribution in [0.15, 0.2) is 48.8 Å². The van der Waals surface area contributed by atoms with Gasteiger partial charge < -0.3 is 15.2 Å². The predicted molar refractivity (Wildman–Crippen MR) is 145 cm³/mol. The fourth-order valence-electron chi connectivity index (χ4n) is 5.26. The number of aromatic amines is 1. The normalized spacial score (nSPS) is 21.4. The Labute approximate surface area is 227 Å². The van der Waals surface area contributed by atoms with Crippen molar-refractivity contribution in [3.8, 4) is 5.82 Å². The van der Waals surface area contributed by atoms with E-state index in [2.05, 4.69) is 20.6 Å². The SMILES string of the molecule is COC1(C(=O)N[C@@H](C)Cc2cccc(-n3cc(C)cn3)n2)CC(O)(c2cc(C)cc(Cc3cc(C)[nH]n3)n2)C1. The van der Waals surface area contributed by atoms with Crippen LogP contribution in [-0.2, 0) is 28.0 Å². The van der Waals surface area contributed by atoms with E-state index >= 15 is 0 Å². The summed E-state index contributed by atoms with van der Waals surface area (Å²) in [4.78, 5) is 22.8. The Balaban J connectivity index is 1.24. The van der Waals surface area contributed by atoms with Crippen LogP contribution in [0, 0.1) is 20.8 Å². The number of nitrogens with zero attached hydrogens (tertiary/aromatic N) is 5. The summed E-state index contributed by atoms with van der Waals surface area (Å²) in [6, 6.07) is 11.4. The summed E-state index contributed by atoms with van der Waals surface area (Å²) in [5, 5.41) is 26.1. The molecule has 39 heavy (non-hydrogen) atoms. The molecule has 0 saturated heterocycles. The first kappa shape index (κ1) is 26.7. The fourth-order valence-corrected chi connectivity index (χ4v) is 5.26. The quantitative estimate of drug-likeness (QED) is 0.304. The first-order valence-electron chi connectivity index (χ1n) is 13.1. The van der Waals surface area contributed by atoms with Crippen LogP contribution < -0.4 is 5.32 Å². The molecule has 1 aliphatic rings. The highest BCUT2D eigenvalue weighted by molar-refractivity contribution is 5.87. The zero-order valence-corrected chi connectivity index (χ0v) is 23.0. The van der Waals surface area contributed by atoms with Crippen molar-refractivity contribution in [2.75, 3.05) is 7.11 Å². The van der Waals surface area contributed by atoms with E-state index in [1.807, 2.05) is 70.3 Å². The van der Waals surface area contributed by atoms with Crippen molar-refractivity contribution in [2.45, 2.75) is 70.6 Å². The molecule has 1 atom stereocenters. The fraction of sp³-hybridized carbons (Fsp3) is 0.414. The Kier molecular flexibility index (Phi) is 7.09. The van der Waals surface area contributed by atoms with Crippen LogP contribution in [-0.4, -0.2) is 59.7 Å². The lowest BCUT2D eigenvalue weighted by atomic mass is 9.64. The molecule has 4 aromatic heterocycles. The third-order valence-electron chi connectivity index (χ3n) is 7.21. The van der Waals surface area contributed by atoms with Gasteiger partial charge in [-0.25, -0.2) is 9.67 Å². The highest BCUT2D eigenvalue weighted by Gasteiger charge is 2.60. The van der Waals surface area contributed by atoms with Gasteiger partial charge in [0.2, 0.25) is 0 Å². The number of rotatable bonds is 9. The number of pyridine rings is 2. The third kappa shape index (κ3) is 5.62. The number of aryl methyl sites for hydroxylation is 3. The van der Waals surface area contributed by atoms with E-state index in [0.29, 0.717) is 18.5 Å². The van der Waals surface area contributed by atoms with Crippen molar-refractivity contribution in [2.24, 2.45) is 0 Å². The Morgan fingerprint density at radius 3 is 2.59 bits per heavy atom. The van der Waals surface area contributed by atoms with Gasteiger partial charge in [-0.2, -0.15) is 10.2 Å². The second kappa shape index (κ2) is 10.3. The molecule has 1 aliphatic carbocycles. The maximum absolute atomic E-state index is 13.4. The molecule has 1 amide bonds. The number of aromatic nitrogens is 6. The Morgan fingerprint density at radius 2 is 1.92 bits per heavy atom. The number of aliphatic hydroxyl groups is 1. The predicted octanol–water partition coefficient (Wildman–Crippen LogP) is 3.02. The average molecular weight is 530 g/mol. The van der Waals surface area contributed by atoms with Crippen LogP contribution in [0.1, 0.15) is 59.4 Å². The molecule has 4 heterocycles. The molecule has 1 saturated carbocycles. The van der Waals surface area contributed by atoms with Crippen LogP contribution in [0.3, 0.4) is 0 Å². The number of H-pyrrole nitrogens is 1. The molecule has 0 spiro atoms. The zero-order valence-electron chi connectivity index (χ0n) is 23.0. The van der Waals surface area contributed by atoms with Gasteiger partial charge in [-0.3, -0.25) is 14.9 Å². The van der Waals surface area contributed by atoms with Gasteiger partial charge in [0.25, 0.3) is 5.91 Å². The highest BCUT2D eigenvalue weighted by Crippen LogP contribution is 2.50. The number of nitrogens with one attached hydrogen (secondary N) is 2. The second-order valence-corrected chi connectivity index (χ2v) is 10.9. The van der Waals surface area contributed by atoms with E-state index in [9.17, 15) is 9.90 Å². The highest BCUT2D eigenvalue weighted by atomic mass is 16.5. The topological polar surface area (TPSA) is 131 Å². The number of amides is 1. The van der Waals surface area contributed by atoms with E-state index in [1.54, 1.807) is 10.9 Å². The van der Waals surface area contributed by atoms with Crippen LogP contribution in [0.4, 0.5) is 0 Å². The summed E-state index contributed by atoms with van der Waals surface area (Å²) in [6.45, 7) is 7.84. The van der Waals surface area contributed by atoms with E-state index < -0.39 is 11.2 Å². The van der Waals surface area contributed by atoms with Crippen molar-refractivity contribution >= 4 is 5.91 Å². The van der Waals surface area contributed by atoms with E-state index in [0.717, 1.165) is 39.7 Å². The van der Waals surface area contributed by atoms with Gasteiger partial charge in [-0.1, -0.05) is 6.07 Å². The lowest BCUT2D eigenvalue weighted by molar-refractivity contribution is -0.206. The third-order valence-corrected chi connectivity index (χ3v) is 7.21. The van der Waals surface area contributed by atoms with Gasteiger partial charge in [-0.05, 0) is 69.2 Å². The van der Waals surface area contributed by atoms with Crippen molar-refractivity contribution in [1.82, 2.24) is 35.3 Å². The van der Waals surface area contributed by atoms with Crippen molar-refractivity contribution in [3.05, 3.63) is 88.4 Å². The molecule has 0 radical (unpaired) electrons. The molecule has 10 heteroatoms. The summed E-state index contributed by atoms with van der Waals surface area (Å²) in [7, 11) is 1.51. The average Bonchev–Trinajstić information content (AvgIpc) is 3.49. The summed E-state index contributed by atoms with van der Waals surface area (Å²) in [5.41, 5.74) is 3.74. The summed E-state index contributed by atoms with van der Waals surface area (Å²) < 4.78 is 7.43. The molecule has 0 aromatic carbocycles. The maximum Gasteiger partial charge on any atom is 0.252 e. The van der Waals surface area contributed by atoms with Crippen molar-refractivity contribution in [3.63, 3.8) is 0 Å². The number of methoxy groups -OCH3 is 1. The molecule has 0 unspecified atom stereocenters. The van der Waals surface area contributed by atoms with Crippen LogP contribution in [0.25, 0.3) is 5.82 Å². The summed E-state index contributed by atoms with van der Waals surface area (Å²) in [6.07, 6.45) is 5.05. The smallest absolute Gasteiger partial charge is 0.252 e. The molecule has 4 aromatic rings. The minimum Gasteiger partial charge on any atom is -0.383 e. The van der Waals surface area contributed by atoms with E-state index in [1.165, 1.54) is 7.11 Å². The number of carbonyl (C=O) groups is 1. The maximum atomic E-state index is 13.4. The molecule has 5 rings (SSSR count). The van der Waals surface area contributed by atoms with E-state index in [-0.39, 0.29) is 24.8 Å². The second-order valence-electron chi connectivity index (χ2n) is 10.9. The van der Waals surface area contributed by atoms with Crippen LogP contribution >= 0.6 is 0 Å². The van der Waals surface area contributed by atoms with Gasteiger partial charge in [-0.15, -0.1) is 0 Å². The first-order chi connectivity index (χ1) is 18.6. The molecular formula is C29H35N7O3. The monoisotopic (exact) mass is 529 g/mol. The molecule has 3 N–H and O–H groups in total. The van der Waals surface area contributed by atoms with Crippen LogP contribution in [0.5, 0.6) is 0 Å². The van der Waals surface area contributed by atoms with Gasteiger partial charge in [0.1, 0.15) is 5.60 Å². The number of ether oxygens (including phenoxy) is 1. The van der Waals surface area contributed by atoms with Crippen LogP contribution in [0.2, 0.25) is 0 Å². The molecule has 0 bridgehead atoms. The van der Waals surface area contributed by atoms with E-state index in [4.69, 9.17) is 14.7 Å². The van der Waals surface area contributed by atoms with Crippen molar-refractivity contribution in [1.29, 1.82) is 0 Å². The molecule has 0 aliphatic heterocycles. The molecular weight excluding hydrogens is 494 g/mol. The van der Waals surface area contributed by atoms with Gasteiger partial charge >= 0.3 is 0 Å². The van der Waals surface area contributed by atoms with Gasteiger partial charge in [0.15, 0.2) is 11.4 Å². The largest absolute Gasteiger partial charge is 0.383 e.